The minimum Gasteiger partial charge on any atom is -0.368 e. The Morgan fingerprint density at radius 2 is 2.19 bits per heavy atom. The monoisotopic (exact) mass is 259 g/mol. The van der Waals surface area contributed by atoms with E-state index in [1.807, 2.05) is 0 Å². The highest BCUT2D eigenvalue weighted by Gasteiger charge is 2.10. The van der Waals surface area contributed by atoms with Crippen LogP contribution >= 0.6 is 23.4 Å². The number of aromatic nitrogens is 6. The Morgan fingerprint density at radius 3 is 2.75 bits per heavy atom. The largest absolute Gasteiger partial charge is 0.368 e. The molecule has 0 aliphatic heterocycles. The average molecular weight is 260 g/mol. The molecule has 84 valence electrons. The first-order valence-electron chi connectivity index (χ1n) is 4.02. The van der Waals surface area contributed by atoms with Gasteiger partial charge < -0.3 is 5.73 Å². The van der Waals surface area contributed by atoms with Crippen LogP contribution in [0.15, 0.2) is 15.1 Å². The summed E-state index contributed by atoms with van der Waals surface area (Å²) in [4.78, 5) is 22.4. The Balaban J connectivity index is 2.34. The van der Waals surface area contributed by atoms with Gasteiger partial charge in [0.15, 0.2) is 5.16 Å². The minimum absolute atomic E-state index is 0.00413. The number of hydrogen-bond donors (Lipinski definition) is 2. The fourth-order valence-corrected chi connectivity index (χ4v) is 1.86. The van der Waals surface area contributed by atoms with Crippen molar-refractivity contribution in [3.8, 4) is 0 Å². The van der Waals surface area contributed by atoms with Crippen molar-refractivity contribution in [3.05, 3.63) is 15.8 Å². The van der Waals surface area contributed by atoms with E-state index in [2.05, 4.69) is 25.1 Å². The summed E-state index contributed by atoms with van der Waals surface area (Å²) in [6.07, 6.45) is 0. The third kappa shape index (κ3) is 2.14. The number of nitrogen functional groups attached to an aromatic ring is 1. The van der Waals surface area contributed by atoms with E-state index in [0.29, 0.717) is 5.16 Å². The molecular weight excluding hydrogens is 254 g/mol. The van der Waals surface area contributed by atoms with E-state index in [4.69, 9.17) is 17.3 Å². The zero-order valence-electron chi connectivity index (χ0n) is 8.01. The molecule has 8 nitrogen and oxygen atoms in total. The quantitative estimate of drug-likeness (QED) is 0.759. The third-order valence-corrected chi connectivity index (χ3v) is 2.71. The molecule has 2 aromatic rings. The van der Waals surface area contributed by atoms with Gasteiger partial charge in [-0.3, -0.25) is 4.57 Å². The maximum Gasteiger partial charge on any atom is 0.343 e. The number of hydrogen-bond acceptors (Lipinski definition) is 7. The normalized spacial score (nSPS) is 10.6. The van der Waals surface area contributed by atoms with E-state index in [1.165, 1.54) is 4.57 Å². The molecule has 0 aromatic carbocycles. The number of aromatic amines is 1. The Bertz CT molecular complexity index is 558. The van der Waals surface area contributed by atoms with E-state index in [1.54, 1.807) is 7.05 Å². The van der Waals surface area contributed by atoms with E-state index in [-0.39, 0.29) is 22.1 Å². The van der Waals surface area contributed by atoms with Crippen molar-refractivity contribution in [1.29, 1.82) is 0 Å². The smallest absolute Gasteiger partial charge is 0.343 e. The van der Waals surface area contributed by atoms with Crippen LogP contribution in [0.2, 0.25) is 5.28 Å². The Morgan fingerprint density at radius 1 is 1.44 bits per heavy atom. The predicted molar refractivity (Wildman–Crippen MR) is 57.2 cm³/mol. The zero-order valence-corrected chi connectivity index (χ0v) is 9.58. The summed E-state index contributed by atoms with van der Waals surface area (Å²) in [7, 11) is 1.57. The van der Waals surface area contributed by atoms with Crippen molar-refractivity contribution < 1.29 is 0 Å². The highest BCUT2D eigenvalue weighted by Crippen LogP contribution is 2.21. The number of H-pyrrole nitrogens is 1. The lowest BCUT2D eigenvalue weighted by molar-refractivity contribution is 0.761. The molecule has 0 spiro atoms. The molecule has 0 aliphatic carbocycles. The molecule has 0 aliphatic rings. The van der Waals surface area contributed by atoms with Crippen LogP contribution in [0.3, 0.4) is 0 Å². The standard InChI is InChI=1S/C6H6ClN7OS/c1-14-5(15)12-13-6(14)16-4-10-2(7)9-3(8)11-4/h1H3,(H,12,15)(H2,8,9,10,11). The average Bonchev–Trinajstić information content (AvgIpc) is 2.48. The second kappa shape index (κ2) is 4.10. The Labute approximate surface area is 98.3 Å². The third-order valence-electron chi connectivity index (χ3n) is 1.63. The summed E-state index contributed by atoms with van der Waals surface area (Å²) < 4.78 is 1.32. The summed E-state index contributed by atoms with van der Waals surface area (Å²) >= 11 is 6.67. The van der Waals surface area contributed by atoms with Crippen LogP contribution in [-0.4, -0.2) is 29.7 Å². The topological polar surface area (TPSA) is 115 Å². The first kappa shape index (κ1) is 10.9. The molecule has 0 fully saturated rings. The van der Waals surface area contributed by atoms with E-state index in [0.717, 1.165) is 11.8 Å². The number of nitrogens with one attached hydrogen (secondary N) is 1. The van der Waals surface area contributed by atoms with Gasteiger partial charge in [-0.25, -0.2) is 9.89 Å². The van der Waals surface area contributed by atoms with Crippen molar-refractivity contribution in [2.24, 2.45) is 7.05 Å². The molecule has 10 heteroatoms. The molecule has 0 atom stereocenters. The van der Waals surface area contributed by atoms with Gasteiger partial charge in [-0.2, -0.15) is 15.0 Å². The van der Waals surface area contributed by atoms with Crippen molar-refractivity contribution in [3.63, 3.8) is 0 Å². The van der Waals surface area contributed by atoms with Gasteiger partial charge in [-0.15, -0.1) is 5.10 Å². The second-order valence-electron chi connectivity index (χ2n) is 2.72. The molecule has 0 radical (unpaired) electrons. The summed E-state index contributed by atoms with van der Waals surface area (Å²) in [5.74, 6) is 0.0167. The SMILES string of the molecule is Cn1c(Sc2nc(N)nc(Cl)n2)n[nH]c1=O. The summed E-state index contributed by atoms with van der Waals surface area (Å²) in [5.41, 5.74) is 5.08. The molecule has 16 heavy (non-hydrogen) atoms. The van der Waals surface area contributed by atoms with Crippen molar-refractivity contribution in [2.75, 3.05) is 5.73 Å². The van der Waals surface area contributed by atoms with Gasteiger partial charge >= 0.3 is 5.69 Å². The lowest BCUT2D eigenvalue weighted by Crippen LogP contribution is -2.13. The fraction of sp³-hybridized carbons (Fsp3) is 0.167. The molecule has 2 aromatic heterocycles. The van der Waals surface area contributed by atoms with Crippen LogP contribution in [-0.2, 0) is 7.05 Å². The lowest BCUT2D eigenvalue weighted by Gasteiger charge is -1.99. The van der Waals surface area contributed by atoms with Crippen molar-refractivity contribution in [1.82, 2.24) is 29.7 Å². The van der Waals surface area contributed by atoms with Crippen LogP contribution in [0.5, 0.6) is 0 Å². The molecule has 2 rings (SSSR count). The minimum atomic E-state index is -0.323. The number of rotatable bonds is 2. The van der Waals surface area contributed by atoms with Gasteiger partial charge in [0.2, 0.25) is 16.4 Å². The van der Waals surface area contributed by atoms with Gasteiger partial charge in [-0.1, -0.05) is 0 Å². The molecule has 0 unspecified atom stereocenters. The maximum absolute atomic E-state index is 11.1. The van der Waals surface area contributed by atoms with Crippen LogP contribution in [0.1, 0.15) is 0 Å². The van der Waals surface area contributed by atoms with Gasteiger partial charge in [0.05, 0.1) is 0 Å². The molecule has 0 saturated heterocycles. The second-order valence-corrected chi connectivity index (χ2v) is 3.99. The first-order valence-corrected chi connectivity index (χ1v) is 5.22. The highest BCUT2D eigenvalue weighted by atomic mass is 35.5. The summed E-state index contributed by atoms with van der Waals surface area (Å²) in [6, 6.07) is 0. The Hall–Kier alpha value is -1.61. The molecule has 0 amide bonds. The van der Waals surface area contributed by atoms with E-state index < -0.39 is 0 Å². The predicted octanol–water partition coefficient (Wildman–Crippen LogP) is -0.320. The van der Waals surface area contributed by atoms with Crippen LogP contribution in [0, 0.1) is 0 Å². The van der Waals surface area contributed by atoms with Crippen LogP contribution in [0.25, 0.3) is 0 Å². The van der Waals surface area contributed by atoms with Gasteiger partial charge in [-0.05, 0) is 23.4 Å². The lowest BCUT2D eigenvalue weighted by atomic mass is 11.0. The molecule has 0 bridgehead atoms. The van der Waals surface area contributed by atoms with Crippen molar-refractivity contribution >= 4 is 29.3 Å². The maximum atomic E-state index is 11.1. The number of halogens is 1. The first-order chi connectivity index (χ1) is 7.56. The number of nitrogens with two attached hydrogens (primary N) is 1. The van der Waals surface area contributed by atoms with Gasteiger partial charge in [0.25, 0.3) is 0 Å². The van der Waals surface area contributed by atoms with Crippen LogP contribution in [0.4, 0.5) is 5.95 Å². The number of anilines is 1. The highest BCUT2D eigenvalue weighted by molar-refractivity contribution is 7.99. The molecule has 2 heterocycles. The Kier molecular flexibility index (Phi) is 2.79. The summed E-state index contributed by atoms with van der Waals surface area (Å²) in [6.45, 7) is 0. The molecule has 3 N–H and O–H groups in total. The molecular formula is C6H6ClN7OS. The fourth-order valence-electron chi connectivity index (χ4n) is 0.898. The summed E-state index contributed by atoms with van der Waals surface area (Å²) in [5, 5.41) is 6.74. The number of nitrogens with zero attached hydrogens (tertiary/aromatic N) is 5. The van der Waals surface area contributed by atoms with Gasteiger partial charge in [0, 0.05) is 7.05 Å². The van der Waals surface area contributed by atoms with Crippen molar-refractivity contribution in [2.45, 2.75) is 10.3 Å². The van der Waals surface area contributed by atoms with Crippen LogP contribution < -0.4 is 11.4 Å². The van der Waals surface area contributed by atoms with E-state index >= 15 is 0 Å². The zero-order chi connectivity index (χ0) is 11.7. The molecule has 0 saturated carbocycles. The van der Waals surface area contributed by atoms with E-state index in [9.17, 15) is 4.79 Å². The van der Waals surface area contributed by atoms with Gasteiger partial charge in [0.1, 0.15) is 0 Å².